The minimum Gasteiger partial charge on any atom is -0.390 e. The predicted octanol–water partition coefficient (Wildman–Crippen LogP) is 2.19. The van der Waals surface area contributed by atoms with Crippen molar-refractivity contribution in [3.63, 3.8) is 0 Å². The number of rotatable bonds is 1. The molecule has 11 heavy (non-hydrogen) atoms. The van der Waals surface area contributed by atoms with Crippen LogP contribution in [0.5, 0.6) is 0 Å². The van der Waals surface area contributed by atoms with Crippen LogP contribution in [0.25, 0.3) is 0 Å². The Kier molecular flexibility index (Phi) is 1.26. The Morgan fingerprint density at radius 3 is 2.18 bits per heavy atom. The first-order valence-corrected chi connectivity index (χ1v) is 4.71. The molecule has 0 aromatic carbocycles. The monoisotopic (exact) mass is 154 g/mol. The fourth-order valence-corrected chi connectivity index (χ4v) is 3.02. The van der Waals surface area contributed by atoms with Crippen molar-refractivity contribution in [2.45, 2.75) is 45.6 Å². The zero-order valence-electron chi connectivity index (χ0n) is 7.72. The van der Waals surface area contributed by atoms with Crippen molar-refractivity contribution in [2.24, 2.45) is 17.3 Å². The average Bonchev–Trinajstić information content (AvgIpc) is 2.54. The lowest BCUT2D eigenvalue weighted by molar-refractivity contribution is 0.0426. The first-order chi connectivity index (χ1) is 4.99. The SMILES string of the molecule is CC(C)[C@]12CC[C@](C)(O)[C@H]1C2. The van der Waals surface area contributed by atoms with Crippen molar-refractivity contribution in [3.8, 4) is 0 Å². The molecule has 0 spiro atoms. The first-order valence-electron chi connectivity index (χ1n) is 4.71. The Labute approximate surface area is 68.8 Å². The molecule has 1 N–H and O–H groups in total. The fraction of sp³-hybridized carbons (Fsp3) is 1.00. The summed E-state index contributed by atoms with van der Waals surface area (Å²) in [5.74, 6) is 1.39. The molecule has 0 amide bonds. The third-order valence-corrected chi connectivity index (χ3v) is 4.12. The maximum atomic E-state index is 9.92. The van der Waals surface area contributed by atoms with E-state index < -0.39 is 0 Å². The summed E-state index contributed by atoms with van der Waals surface area (Å²) in [7, 11) is 0. The third kappa shape index (κ3) is 0.807. The number of hydrogen-bond acceptors (Lipinski definition) is 1. The van der Waals surface area contributed by atoms with Crippen LogP contribution >= 0.6 is 0 Å². The summed E-state index contributed by atoms with van der Waals surface area (Å²) < 4.78 is 0. The maximum Gasteiger partial charge on any atom is 0.0653 e. The van der Waals surface area contributed by atoms with Gasteiger partial charge in [-0.25, -0.2) is 0 Å². The van der Waals surface area contributed by atoms with Crippen molar-refractivity contribution >= 4 is 0 Å². The Morgan fingerprint density at radius 2 is 2.00 bits per heavy atom. The summed E-state index contributed by atoms with van der Waals surface area (Å²) in [4.78, 5) is 0. The average molecular weight is 154 g/mol. The minimum absolute atomic E-state index is 0.329. The van der Waals surface area contributed by atoms with Gasteiger partial charge in [0.1, 0.15) is 0 Å². The lowest BCUT2D eigenvalue weighted by Gasteiger charge is -2.17. The molecule has 0 radical (unpaired) electrons. The number of fused-ring (bicyclic) bond motifs is 1. The maximum absolute atomic E-state index is 9.92. The highest BCUT2D eigenvalue weighted by Gasteiger charge is 2.67. The minimum atomic E-state index is -0.329. The lowest BCUT2D eigenvalue weighted by atomic mass is 9.90. The quantitative estimate of drug-likeness (QED) is 0.614. The molecule has 1 heteroatoms. The molecule has 2 rings (SSSR count). The molecule has 2 aliphatic rings. The molecule has 0 saturated heterocycles. The zero-order chi connectivity index (χ0) is 8.28. The van der Waals surface area contributed by atoms with Crippen LogP contribution in [0.4, 0.5) is 0 Å². The van der Waals surface area contributed by atoms with Gasteiger partial charge in [0.15, 0.2) is 0 Å². The molecule has 2 aliphatic carbocycles. The highest BCUT2D eigenvalue weighted by molar-refractivity contribution is 5.16. The highest BCUT2D eigenvalue weighted by Crippen LogP contribution is 2.70. The fourth-order valence-electron chi connectivity index (χ4n) is 3.02. The Hall–Kier alpha value is -0.0400. The smallest absolute Gasteiger partial charge is 0.0653 e. The Bertz CT molecular complexity index is 183. The summed E-state index contributed by atoms with van der Waals surface area (Å²) in [6.07, 6.45) is 3.55. The Morgan fingerprint density at radius 1 is 1.36 bits per heavy atom. The second-order valence-electron chi connectivity index (χ2n) is 5.00. The van der Waals surface area contributed by atoms with Crippen molar-refractivity contribution in [3.05, 3.63) is 0 Å². The molecule has 1 nitrogen and oxygen atoms in total. The molecule has 0 bridgehead atoms. The summed E-state index contributed by atoms with van der Waals surface area (Å²) in [5, 5.41) is 9.92. The highest BCUT2D eigenvalue weighted by atomic mass is 16.3. The van der Waals surface area contributed by atoms with Crippen LogP contribution < -0.4 is 0 Å². The van der Waals surface area contributed by atoms with E-state index in [0.717, 1.165) is 12.3 Å². The number of aliphatic hydroxyl groups is 1. The molecule has 2 saturated carbocycles. The summed E-state index contributed by atoms with van der Waals surface area (Å²) in [6, 6.07) is 0. The lowest BCUT2D eigenvalue weighted by Crippen LogP contribution is -2.23. The van der Waals surface area contributed by atoms with Gasteiger partial charge in [0.2, 0.25) is 0 Å². The molecule has 64 valence electrons. The molecule has 0 heterocycles. The van der Waals surface area contributed by atoms with Gasteiger partial charge in [-0.15, -0.1) is 0 Å². The van der Waals surface area contributed by atoms with Gasteiger partial charge in [-0.05, 0) is 43.4 Å². The van der Waals surface area contributed by atoms with Gasteiger partial charge in [0, 0.05) is 0 Å². The van der Waals surface area contributed by atoms with Crippen LogP contribution in [-0.4, -0.2) is 10.7 Å². The summed E-state index contributed by atoms with van der Waals surface area (Å²) in [6.45, 7) is 6.59. The van der Waals surface area contributed by atoms with E-state index >= 15 is 0 Å². The van der Waals surface area contributed by atoms with E-state index in [1.807, 2.05) is 6.92 Å². The van der Waals surface area contributed by atoms with Gasteiger partial charge in [0.25, 0.3) is 0 Å². The van der Waals surface area contributed by atoms with Gasteiger partial charge in [0.05, 0.1) is 5.60 Å². The molecular weight excluding hydrogens is 136 g/mol. The predicted molar refractivity (Wildman–Crippen MR) is 45.2 cm³/mol. The second kappa shape index (κ2) is 1.82. The normalized spacial score (nSPS) is 54.8. The van der Waals surface area contributed by atoms with Crippen molar-refractivity contribution in [1.82, 2.24) is 0 Å². The van der Waals surface area contributed by atoms with Gasteiger partial charge >= 0.3 is 0 Å². The topological polar surface area (TPSA) is 20.2 Å². The molecule has 0 aliphatic heterocycles. The van der Waals surface area contributed by atoms with Crippen LogP contribution in [0.15, 0.2) is 0 Å². The first kappa shape index (κ1) is 7.60. The zero-order valence-corrected chi connectivity index (χ0v) is 7.72. The van der Waals surface area contributed by atoms with Crippen LogP contribution in [0, 0.1) is 17.3 Å². The molecular formula is C10H18O. The van der Waals surface area contributed by atoms with E-state index in [2.05, 4.69) is 13.8 Å². The van der Waals surface area contributed by atoms with Crippen LogP contribution in [0.2, 0.25) is 0 Å². The van der Waals surface area contributed by atoms with E-state index in [1.54, 1.807) is 0 Å². The largest absolute Gasteiger partial charge is 0.390 e. The van der Waals surface area contributed by atoms with E-state index in [1.165, 1.54) is 12.8 Å². The van der Waals surface area contributed by atoms with Crippen molar-refractivity contribution in [1.29, 1.82) is 0 Å². The van der Waals surface area contributed by atoms with E-state index in [4.69, 9.17) is 0 Å². The standard InChI is InChI=1S/C10H18O/c1-7(2)10-5-4-9(3,11)8(10)6-10/h7-8,11H,4-6H2,1-3H3/t8-,9+,10-/m1/s1. The molecule has 0 aromatic heterocycles. The van der Waals surface area contributed by atoms with Crippen LogP contribution in [0.3, 0.4) is 0 Å². The summed E-state index contributed by atoms with van der Waals surface area (Å²) in [5.41, 5.74) is 0.216. The second-order valence-corrected chi connectivity index (χ2v) is 5.00. The van der Waals surface area contributed by atoms with Gasteiger partial charge < -0.3 is 5.11 Å². The molecule has 2 fully saturated rings. The molecule has 3 atom stereocenters. The molecule has 0 unspecified atom stereocenters. The van der Waals surface area contributed by atoms with Crippen molar-refractivity contribution in [2.75, 3.05) is 0 Å². The van der Waals surface area contributed by atoms with Crippen LogP contribution in [-0.2, 0) is 0 Å². The van der Waals surface area contributed by atoms with Gasteiger partial charge in [-0.3, -0.25) is 0 Å². The van der Waals surface area contributed by atoms with Crippen LogP contribution in [0.1, 0.15) is 40.0 Å². The van der Waals surface area contributed by atoms with E-state index in [0.29, 0.717) is 11.3 Å². The molecule has 0 aromatic rings. The Balaban J connectivity index is 2.17. The van der Waals surface area contributed by atoms with Gasteiger partial charge in [-0.2, -0.15) is 0 Å². The third-order valence-electron chi connectivity index (χ3n) is 4.12. The summed E-state index contributed by atoms with van der Waals surface area (Å²) >= 11 is 0. The van der Waals surface area contributed by atoms with Crippen molar-refractivity contribution < 1.29 is 5.11 Å². The van der Waals surface area contributed by atoms with Gasteiger partial charge in [-0.1, -0.05) is 13.8 Å². The van der Waals surface area contributed by atoms with E-state index in [-0.39, 0.29) is 5.60 Å². The van der Waals surface area contributed by atoms with E-state index in [9.17, 15) is 5.11 Å². The number of hydrogen-bond donors (Lipinski definition) is 1.